The highest BCUT2D eigenvalue weighted by atomic mass is 19.1. The van der Waals surface area contributed by atoms with Crippen LogP contribution in [0.1, 0.15) is 38.8 Å². The molecular formula is C15H22FNO2. The van der Waals surface area contributed by atoms with Gasteiger partial charge in [0.05, 0.1) is 6.54 Å². The molecule has 0 aliphatic heterocycles. The van der Waals surface area contributed by atoms with Crippen molar-refractivity contribution < 1.29 is 14.3 Å². The van der Waals surface area contributed by atoms with Crippen molar-refractivity contribution in [2.75, 3.05) is 13.1 Å². The summed E-state index contributed by atoms with van der Waals surface area (Å²) in [6, 6.07) is 6.35. The zero-order chi connectivity index (χ0) is 14.4. The molecule has 1 aromatic carbocycles. The maximum Gasteiger partial charge on any atom is 0.317 e. The van der Waals surface area contributed by atoms with E-state index in [1.54, 1.807) is 6.07 Å². The number of aliphatic carboxylic acids is 1. The van der Waals surface area contributed by atoms with Crippen molar-refractivity contribution in [3.63, 3.8) is 0 Å². The van der Waals surface area contributed by atoms with Crippen LogP contribution in [-0.2, 0) is 4.79 Å². The molecule has 106 valence electrons. The van der Waals surface area contributed by atoms with Gasteiger partial charge < -0.3 is 5.11 Å². The third-order valence-electron chi connectivity index (χ3n) is 3.00. The molecule has 1 aromatic rings. The Morgan fingerprint density at radius 1 is 1.42 bits per heavy atom. The van der Waals surface area contributed by atoms with E-state index >= 15 is 0 Å². The van der Waals surface area contributed by atoms with Crippen molar-refractivity contribution in [3.8, 4) is 0 Å². The highest BCUT2D eigenvalue weighted by Gasteiger charge is 2.22. The van der Waals surface area contributed by atoms with E-state index in [1.807, 2.05) is 31.7 Å². The van der Waals surface area contributed by atoms with Crippen LogP contribution in [0.15, 0.2) is 24.3 Å². The molecular weight excluding hydrogens is 245 g/mol. The quantitative estimate of drug-likeness (QED) is 0.824. The van der Waals surface area contributed by atoms with E-state index in [-0.39, 0.29) is 18.4 Å². The number of benzene rings is 1. The van der Waals surface area contributed by atoms with Gasteiger partial charge in [0.2, 0.25) is 0 Å². The molecule has 0 radical (unpaired) electrons. The first-order valence-electron chi connectivity index (χ1n) is 6.65. The first kappa shape index (κ1) is 15.6. The largest absolute Gasteiger partial charge is 0.480 e. The Morgan fingerprint density at radius 3 is 2.58 bits per heavy atom. The second kappa shape index (κ2) is 7.24. The van der Waals surface area contributed by atoms with E-state index in [1.165, 1.54) is 12.1 Å². The van der Waals surface area contributed by atoms with Gasteiger partial charge in [-0.05, 0) is 30.0 Å². The Balaban J connectivity index is 2.97. The SMILES string of the molecule is CCC(c1cccc(F)c1)N(CC(=O)O)CC(C)C. The Morgan fingerprint density at radius 2 is 2.11 bits per heavy atom. The molecule has 1 N–H and O–H groups in total. The van der Waals surface area contributed by atoms with Crippen LogP contribution < -0.4 is 0 Å². The highest BCUT2D eigenvalue weighted by Crippen LogP contribution is 2.25. The lowest BCUT2D eigenvalue weighted by atomic mass is 10.0. The Hall–Kier alpha value is -1.42. The van der Waals surface area contributed by atoms with Crippen LogP contribution in [-0.4, -0.2) is 29.1 Å². The molecule has 0 aliphatic rings. The molecule has 0 fully saturated rings. The predicted molar refractivity (Wildman–Crippen MR) is 73.5 cm³/mol. The molecule has 19 heavy (non-hydrogen) atoms. The standard InChI is InChI=1S/C15H22FNO2/c1-4-14(12-6-5-7-13(16)8-12)17(9-11(2)3)10-15(18)19/h5-8,11,14H,4,9-10H2,1-3H3,(H,18,19). The second-order valence-corrected chi connectivity index (χ2v) is 5.20. The topological polar surface area (TPSA) is 40.5 Å². The summed E-state index contributed by atoms with van der Waals surface area (Å²) < 4.78 is 13.3. The van der Waals surface area contributed by atoms with Gasteiger partial charge in [0.1, 0.15) is 5.82 Å². The van der Waals surface area contributed by atoms with E-state index in [0.29, 0.717) is 12.5 Å². The van der Waals surface area contributed by atoms with Crippen LogP contribution in [0, 0.1) is 11.7 Å². The summed E-state index contributed by atoms with van der Waals surface area (Å²) in [6.45, 7) is 6.75. The smallest absolute Gasteiger partial charge is 0.317 e. The van der Waals surface area contributed by atoms with Gasteiger partial charge in [-0.2, -0.15) is 0 Å². The van der Waals surface area contributed by atoms with Crippen molar-refractivity contribution >= 4 is 5.97 Å². The molecule has 4 heteroatoms. The number of hydrogen-bond donors (Lipinski definition) is 1. The normalized spacial score (nSPS) is 12.9. The first-order chi connectivity index (χ1) is 8.93. The van der Waals surface area contributed by atoms with Gasteiger partial charge in [-0.3, -0.25) is 9.69 Å². The summed E-state index contributed by atoms with van der Waals surface area (Å²) in [5.74, 6) is -0.770. The molecule has 0 saturated carbocycles. The molecule has 0 aromatic heterocycles. The van der Waals surface area contributed by atoms with Gasteiger partial charge in [0.25, 0.3) is 0 Å². The number of carbonyl (C=O) groups is 1. The van der Waals surface area contributed by atoms with Crippen LogP contribution in [0.5, 0.6) is 0 Å². The molecule has 0 amide bonds. The molecule has 0 saturated heterocycles. The molecule has 1 unspecified atom stereocenters. The molecule has 1 rings (SSSR count). The van der Waals surface area contributed by atoms with Gasteiger partial charge in [-0.25, -0.2) is 4.39 Å². The van der Waals surface area contributed by atoms with Crippen molar-refractivity contribution in [1.82, 2.24) is 4.90 Å². The molecule has 0 heterocycles. The van der Waals surface area contributed by atoms with Crippen LogP contribution in [0.3, 0.4) is 0 Å². The number of hydrogen-bond acceptors (Lipinski definition) is 2. The lowest BCUT2D eigenvalue weighted by Gasteiger charge is -2.31. The molecule has 3 nitrogen and oxygen atoms in total. The monoisotopic (exact) mass is 267 g/mol. The molecule has 0 bridgehead atoms. The maximum atomic E-state index is 13.3. The molecule has 1 atom stereocenters. The fourth-order valence-corrected chi connectivity index (χ4v) is 2.36. The number of carboxylic acids is 1. The van der Waals surface area contributed by atoms with Crippen molar-refractivity contribution in [3.05, 3.63) is 35.6 Å². The minimum Gasteiger partial charge on any atom is -0.480 e. The van der Waals surface area contributed by atoms with Gasteiger partial charge in [0, 0.05) is 12.6 Å². The summed E-state index contributed by atoms with van der Waals surface area (Å²) in [7, 11) is 0. The molecule has 0 spiro atoms. The average molecular weight is 267 g/mol. The number of nitrogens with zero attached hydrogens (tertiary/aromatic N) is 1. The van der Waals surface area contributed by atoms with Crippen LogP contribution >= 0.6 is 0 Å². The number of halogens is 1. The van der Waals surface area contributed by atoms with Crippen molar-refractivity contribution in [2.45, 2.75) is 33.2 Å². The summed E-state index contributed by atoms with van der Waals surface area (Å²) in [4.78, 5) is 12.9. The van der Waals surface area contributed by atoms with Crippen LogP contribution in [0.25, 0.3) is 0 Å². The number of rotatable bonds is 7. The average Bonchev–Trinajstić information content (AvgIpc) is 2.28. The van der Waals surface area contributed by atoms with Gasteiger partial charge in [0.15, 0.2) is 0 Å². The fraction of sp³-hybridized carbons (Fsp3) is 0.533. The van der Waals surface area contributed by atoms with Crippen LogP contribution in [0.2, 0.25) is 0 Å². The zero-order valence-electron chi connectivity index (χ0n) is 11.8. The van der Waals surface area contributed by atoms with Crippen molar-refractivity contribution in [1.29, 1.82) is 0 Å². The van der Waals surface area contributed by atoms with Gasteiger partial charge >= 0.3 is 5.97 Å². The van der Waals surface area contributed by atoms with Crippen LogP contribution in [0.4, 0.5) is 4.39 Å². The van der Waals surface area contributed by atoms with Gasteiger partial charge in [-0.1, -0.05) is 32.9 Å². The zero-order valence-corrected chi connectivity index (χ0v) is 11.8. The van der Waals surface area contributed by atoms with Gasteiger partial charge in [-0.15, -0.1) is 0 Å². The fourth-order valence-electron chi connectivity index (χ4n) is 2.36. The van der Waals surface area contributed by atoms with E-state index in [0.717, 1.165) is 12.0 Å². The summed E-state index contributed by atoms with van der Waals surface area (Å²) in [5.41, 5.74) is 0.837. The summed E-state index contributed by atoms with van der Waals surface area (Å²) in [5, 5.41) is 9.03. The van der Waals surface area contributed by atoms with E-state index in [9.17, 15) is 9.18 Å². The Kier molecular flexibility index (Phi) is 5.96. The first-order valence-corrected chi connectivity index (χ1v) is 6.65. The van der Waals surface area contributed by atoms with E-state index in [4.69, 9.17) is 5.11 Å². The Labute approximate surface area is 114 Å². The summed E-state index contributed by atoms with van der Waals surface area (Å²) >= 11 is 0. The number of carboxylic acid groups (broad SMARTS) is 1. The second-order valence-electron chi connectivity index (χ2n) is 5.20. The lowest BCUT2D eigenvalue weighted by molar-refractivity contribution is -0.139. The minimum absolute atomic E-state index is 0.0206. The Bertz CT molecular complexity index is 420. The maximum absolute atomic E-state index is 13.3. The van der Waals surface area contributed by atoms with E-state index in [2.05, 4.69) is 0 Å². The summed E-state index contributed by atoms with van der Waals surface area (Å²) in [6.07, 6.45) is 0.753. The van der Waals surface area contributed by atoms with Crippen molar-refractivity contribution in [2.24, 2.45) is 5.92 Å². The highest BCUT2D eigenvalue weighted by molar-refractivity contribution is 5.69. The van der Waals surface area contributed by atoms with E-state index < -0.39 is 5.97 Å². The molecule has 0 aliphatic carbocycles. The minimum atomic E-state index is -0.851. The predicted octanol–water partition coefficient (Wildman–Crippen LogP) is 3.32. The lowest BCUT2D eigenvalue weighted by Crippen LogP contribution is -2.36. The third kappa shape index (κ3) is 4.99. The third-order valence-corrected chi connectivity index (χ3v) is 3.00.